The van der Waals surface area contributed by atoms with Gasteiger partial charge in [0.2, 0.25) is 12.3 Å². The Labute approximate surface area is 203 Å². The van der Waals surface area contributed by atoms with E-state index in [2.05, 4.69) is 21.4 Å². The summed E-state index contributed by atoms with van der Waals surface area (Å²) in [7, 11) is 3.51. The van der Waals surface area contributed by atoms with Gasteiger partial charge in [-0.15, -0.1) is 0 Å². The molecule has 2 fully saturated rings. The van der Waals surface area contributed by atoms with E-state index in [1.54, 1.807) is 30.1 Å². The summed E-state index contributed by atoms with van der Waals surface area (Å²) in [6, 6.07) is 7.07. The van der Waals surface area contributed by atoms with Crippen molar-refractivity contribution in [1.29, 1.82) is 5.26 Å². The van der Waals surface area contributed by atoms with Gasteiger partial charge < -0.3 is 25.0 Å². The molecule has 1 saturated carbocycles. The van der Waals surface area contributed by atoms with E-state index in [0.29, 0.717) is 67.0 Å². The third-order valence-electron chi connectivity index (χ3n) is 6.14. The molecule has 2 aliphatic rings. The van der Waals surface area contributed by atoms with Crippen LogP contribution >= 0.6 is 0 Å². The van der Waals surface area contributed by atoms with Gasteiger partial charge >= 0.3 is 0 Å². The molecule has 0 spiro atoms. The molecule has 11 heteroatoms. The highest BCUT2D eigenvalue weighted by molar-refractivity contribution is 5.80. The summed E-state index contributed by atoms with van der Waals surface area (Å²) in [5, 5.41) is 22.9. The van der Waals surface area contributed by atoms with Crippen LogP contribution in [0.4, 0.5) is 11.6 Å². The second kappa shape index (κ2) is 10.7. The molecule has 1 saturated heterocycles. The summed E-state index contributed by atoms with van der Waals surface area (Å²) in [6.45, 7) is 2.55. The van der Waals surface area contributed by atoms with Gasteiger partial charge in [-0.3, -0.25) is 14.5 Å². The van der Waals surface area contributed by atoms with Crippen molar-refractivity contribution in [3.8, 4) is 11.8 Å². The molecule has 3 heterocycles. The average molecular weight is 480 g/mol. The first-order valence-corrected chi connectivity index (χ1v) is 11.5. The molecule has 4 rings (SSSR count). The van der Waals surface area contributed by atoms with Crippen LogP contribution in [0, 0.1) is 17.2 Å². The second-order valence-corrected chi connectivity index (χ2v) is 8.95. The molecular formula is C24H29N7O4. The number of anilines is 2. The molecule has 35 heavy (non-hydrogen) atoms. The number of nitrogens with one attached hydrogen (secondary N) is 1. The van der Waals surface area contributed by atoms with E-state index in [0.717, 1.165) is 19.4 Å². The number of rotatable bonds is 10. The van der Waals surface area contributed by atoms with Crippen molar-refractivity contribution >= 4 is 23.8 Å². The monoisotopic (exact) mass is 479 g/mol. The Morgan fingerprint density at radius 1 is 1.40 bits per heavy atom. The lowest BCUT2D eigenvalue weighted by atomic mass is 10.1. The normalized spacial score (nSPS) is 17.0. The fourth-order valence-corrected chi connectivity index (χ4v) is 3.69. The Bertz CT molecular complexity index is 1130. The van der Waals surface area contributed by atoms with Gasteiger partial charge in [-0.25, -0.2) is 9.97 Å². The van der Waals surface area contributed by atoms with Gasteiger partial charge in [0.1, 0.15) is 34.7 Å². The smallest absolute Gasteiger partial charge is 0.237 e. The van der Waals surface area contributed by atoms with Crippen molar-refractivity contribution in [1.82, 2.24) is 19.8 Å². The van der Waals surface area contributed by atoms with Crippen LogP contribution in [0.1, 0.15) is 34.5 Å². The average Bonchev–Trinajstić information content (AvgIpc) is 3.69. The number of aromatic nitrogens is 2. The zero-order valence-electron chi connectivity index (χ0n) is 19.8. The fraction of sp³-hybridized carbons (Fsp3) is 0.458. The summed E-state index contributed by atoms with van der Waals surface area (Å²) in [5.41, 5.74) is 1.18. The number of carbonyl (C=O) groups is 2. The molecule has 0 radical (unpaired) electrons. The van der Waals surface area contributed by atoms with Crippen molar-refractivity contribution in [3.05, 3.63) is 41.2 Å². The van der Waals surface area contributed by atoms with Crippen LogP contribution in [0.2, 0.25) is 0 Å². The van der Waals surface area contributed by atoms with Crippen LogP contribution in [0.25, 0.3) is 0 Å². The highest BCUT2D eigenvalue weighted by Crippen LogP contribution is 2.31. The van der Waals surface area contributed by atoms with E-state index in [1.165, 1.54) is 11.1 Å². The van der Waals surface area contributed by atoms with Gasteiger partial charge in [0.15, 0.2) is 6.29 Å². The minimum Gasteiger partial charge on any atom is -0.492 e. The van der Waals surface area contributed by atoms with Crippen LogP contribution in [-0.4, -0.2) is 83.8 Å². The van der Waals surface area contributed by atoms with Gasteiger partial charge in [0, 0.05) is 38.3 Å². The first-order chi connectivity index (χ1) is 16.9. The number of piperazine rings is 1. The maximum absolute atomic E-state index is 12.3. The van der Waals surface area contributed by atoms with Crippen LogP contribution < -0.4 is 15.0 Å². The Kier molecular flexibility index (Phi) is 7.43. The minimum atomic E-state index is -1.22. The summed E-state index contributed by atoms with van der Waals surface area (Å²) in [4.78, 5) is 37.7. The standard InChI is InChI=1S/C24H29N7O4/c1-29-7-8-31(23(33)13-29)12-17-5-6-22(27-19(17)14-32)30(2)24(34)28-21-9-20(18(10-25)11-26-21)35-15-16-3-4-16/h5-6,9,11,14,16,24,34H,3-4,7-8,12-13,15H2,1-2H3,(H,26,28). The number of ether oxygens (including phenoxy) is 1. The summed E-state index contributed by atoms with van der Waals surface area (Å²) in [5.74, 6) is 1.63. The van der Waals surface area contributed by atoms with E-state index in [-0.39, 0.29) is 11.6 Å². The number of hydrogen-bond acceptors (Lipinski definition) is 10. The molecule has 1 atom stereocenters. The maximum atomic E-state index is 12.3. The molecule has 184 valence electrons. The highest BCUT2D eigenvalue weighted by atomic mass is 16.5. The van der Waals surface area contributed by atoms with Crippen LogP contribution in [0.15, 0.2) is 24.4 Å². The van der Waals surface area contributed by atoms with Crippen LogP contribution in [0.3, 0.4) is 0 Å². The lowest BCUT2D eigenvalue weighted by Crippen LogP contribution is -2.48. The number of carbonyl (C=O) groups excluding carboxylic acids is 2. The summed E-state index contributed by atoms with van der Waals surface area (Å²) >= 11 is 0. The predicted molar refractivity (Wildman–Crippen MR) is 128 cm³/mol. The van der Waals surface area contributed by atoms with Gasteiger partial charge in [-0.1, -0.05) is 6.07 Å². The number of aliphatic hydroxyl groups excluding tert-OH is 1. The van der Waals surface area contributed by atoms with E-state index >= 15 is 0 Å². The molecule has 1 unspecified atom stereocenters. The molecule has 0 aromatic carbocycles. The van der Waals surface area contributed by atoms with Gasteiger partial charge in [0.25, 0.3) is 0 Å². The third-order valence-corrected chi connectivity index (χ3v) is 6.14. The number of likely N-dealkylation sites (N-methyl/N-ethyl adjacent to an activating group) is 1. The molecule has 0 bridgehead atoms. The van der Waals surface area contributed by atoms with Gasteiger partial charge in [-0.2, -0.15) is 5.26 Å². The summed E-state index contributed by atoms with van der Waals surface area (Å²) < 4.78 is 5.76. The topological polar surface area (TPSA) is 135 Å². The van der Waals surface area contributed by atoms with Crippen LogP contribution in [0.5, 0.6) is 5.75 Å². The van der Waals surface area contributed by atoms with E-state index in [4.69, 9.17) is 4.74 Å². The lowest BCUT2D eigenvalue weighted by molar-refractivity contribution is -0.136. The molecule has 1 aliphatic carbocycles. The van der Waals surface area contributed by atoms with Crippen molar-refractivity contribution in [2.24, 2.45) is 5.92 Å². The molecule has 2 N–H and O–H groups in total. The van der Waals surface area contributed by atoms with Crippen LogP contribution in [-0.2, 0) is 11.3 Å². The number of aliphatic hydroxyl groups is 1. The molecule has 2 aromatic heterocycles. The van der Waals surface area contributed by atoms with Crippen molar-refractivity contribution < 1.29 is 19.4 Å². The maximum Gasteiger partial charge on any atom is 0.237 e. The molecule has 1 amide bonds. The SMILES string of the molecule is CN1CCN(Cc2ccc(N(C)C(O)Nc3cc(OCC4CC4)c(C#N)cn3)nc2C=O)C(=O)C1. The van der Waals surface area contributed by atoms with E-state index < -0.39 is 6.35 Å². The zero-order chi connectivity index (χ0) is 24.9. The Morgan fingerprint density at radius 3 is 2.89 bits per heavy atom. The fourth-order valence-electron chi connectivity index (χ4n) is 3.69. The minimum absolute atomic E-state index is 0.00631. The quantitative estimate of drug-likeness (QED) is 0.376. The molecule has 2 aromatic rings. The summed E-state index contributed by atoms with van der Waals surface area (Å²) in [6.07, 6.45) is 3.08. The molecule has 11 nitrogen and oxygen atoms in total. The number of aldehydes is 1. The second-order valence-electron chi connectivity index (χ2n) is 8.95. The predicted octanol–water partition coefficient (Wildman–Crippen LogP) is 1.05. The Hall–Kier alpha value is -3.75. The molecular weight excluding hydrogens is 450 g/mol. The van der Waals surface area contributed by atoms with Crippen molar-refractivity contribution in [2.75, 3.05) is 50.6 Å². The Morgan fingerprint density at radius 2 is 2.20 bits per heavy atom. The van der Waals surface area contributed by atoms with Gasteiger partial charge in [-0.05, 0) is 31.9 Å². The third kappa shape index (κ3) is 6.03. The highest BCUT2D eigenvalue weighted by Gasteiger charge is 2.24. The largest absolute Gasteiger partial charge is 0.492 e. The number of amides is 1. The first kappa shape index (κ1) is 24.4. The van der Waals surface area contributed by atoms with Crippen molar-refractivity contribution in [2.45, 2.75) is 25.7 Å². The zero-order valence-corrected chi connectivity index (χ0v) is 19.8. The van der Waals surface area contributed by atoms with E-state index in [9.17, 15) is 20.0 Å². The lowest BCUT2D eigenvalue weighted by Gasteiger charge is -2.32. The number of nitrogens with zero attached hydrogens (tertiary/aromatic N) is 6. The Balaban J connectivity index is 1.43. The van der Waals surface area contributed by atoms with E-state index in [1.807, 2.05) is 11.9 Å². The number of nitriles is 1. The van der Waals surface area contributed by atoms with Crippen molar-refractivity contribution in [3.63, 3.8) is 0 Å². The van der Waals surface area contributed by atoms with Gasteiger partial charge in [0.05, 0.1) is 19.3 Å². The first-order valence-electron chi connectivity index (χ1n) is 11.5. The number of hydrogen-bond donors (Lipinski definition) is 2. The molecule has 1 aliphatic heterocycles. The number of pyridine rings is 2.